The second-order valence-corrected chi connectivity index (χ2v) is 19.9. The molecule has 0 saturated carbocycles. The van der Waals surface area contributed by atoms with E-state index in [0.717, 1.165) is 25.7 Å². The summed E-state index contributed by atoms with van der Waals surface area (Å²) < 4.78 is 0. The van der Waals surface area contributed by atoms with Crippen molar-refractivity contribution in [2.24, 2.45) is 0 Å². The molecule has 61 heavy (non-hydrogen) atoms. The van der Waals surface area contributed by atoms with Crippen molar-refractivity contribution < 1.29 is 20.1 Å². The van der Waals surface area contributed by atoms with Crippen LogP contribution in [0, 0.1) is 0 Å². The minimum atomic E-state index is -0.745. The highest BCUT2D eigenvalue weighted by Gasteiger charge is 2.21. The molecule has 366 valence electrons. The Balaban J connectivity index is 3.49. The van der Waals surface area contributed by atoms with Crippen LogP contribution in [0.25, 0.3) is 0 Å². The lowest BCUT2D eigenvalue weighted by Gasteiger charge is -2.23. The zero-order valence-corrected chi connectivity index (χ0v) is 41.8. The summed E-state index contributed by atoms with van der Waals surface area (Å²) in [6.45, 7) is 4.31. The van der Waals surface area contributed by atoms with Gasteiger partial charge < -0.3 is 20.6 Å². The summed E-state index contributed by atoms with van der Waals surface area (Å²) in [6, 6.07) is -0.654. The Labute approximate surface area is 383 Å². The van der Waals surface area contributed by atoms with Gasteiger partial charge in [-0.1, -0.05) is 309 Å². The van der Waals surface area contributed by atoms with Gasteiger partial charge in [0.25, 0.3) is 0 Å². The molecule has 0 aromatic heterocycles. The number of hydrogen-bond acceptors (Lipinski definition) is 4. The Morgan fingerprint density at radius 2 is 0.557 bits per heavy atom. The largest absolute Gasteiger partial charge is 0.394 e. The predicted octanol–water partition coefficient (Wildman–Crippen LogP) is 17.3. The van der Waals surface area contributed by atoms with Gasteiger partial charge in [-0.15, -0.1) is 0 Å². The number of nitrogens with one attached hydrogen (secondary N) is 1. The monoisotopic (exact) mass is 864 g/mol. The van der Waals surface area contributed by atoms with Crippen LogP contribution < -0.4 is 5.32 Å². The summed E-state index contributed by atoms with van der Waals surface area (Å²) in [4.78, 5) is 12.5. The molecule has 0 bridgehead atoms. The highest BCUT2D eigenvalue weighted by atomic mass is 16.3. The standard InChI is InChI=1S/C56H113NO4/c1-3-5-7-9-11-13-15-17-19-21-23-25-27-28-29-31-33-35-37-39-41-43-45-47-49-53(59)51-56(61)57-54(52-58)55(60)50-48-46-44-42-40-38-36-34-32-30-26-24-22-20-18-16-14-12-10-8-6-4-2/h53-55,58-60H,3-52H2,1-2H3,(H,57,61). The van der Waals surface area contributed by atoms with E-state index in [1.165, 1.54) is 270 Å². The number of unbranched alkanes of at least 4 members (excludes halogenated alkanes) is 44. The lowest BCUT2D eigenvalue weighted by molar-refractivity contribution is -0.125. The molecule has 0 aromatic rings. The first kappa shape index (κ1) is 60.4. The molecule has 0 saturated heterocycles. The maximum Gasteiger partial charge on any atom is 0.222 e. The molecular weight excluding hydrogens is 751 g/mol. The average Bonchev–Trinajstić information content (AvgIpc) is 3.25. The maximum absolute atomic E-state index is 12.5. The fraction of sp³-hybridized carbons (Fsp3) is 0.982. The molecule has 0 spiro atoms. The third-order valence-corrected chi connectivity index (χ3v) is 13.7. The highest BCUT2D eigenvalue weighted by molar-refractivity contribution is 5.76. The normalized spacial score (nSPS) is 13.2. The molecular formula is C56H113NO4. The van der Waals surface area contributed by atoms with Crippen LogP contribution in [-0.4, -0.2) is 46.1 Å². The van der Waals surface area contributed by atoms with Crippen LogP contribution in [0.5, 0.6) is 0 Å². The molecule has 4 N–H and O–H groups in total. The van der Waals surface area contributed by atoms with Crippen molar-refractivity contribution >= 4 is 5.91 Å². The molecule has 0 rings (SSSR count). The quantitative estimate of drug-likeness (QED) is 0.0459. The molecule has 3 atom stereocenters. The molecule has 0 heterocycles. The second-order valence-electron chi connectivity index (χ2n) is 19.9. The van der Waals surface area contributed by atoms with Crippen molar-refractivity contribution in [3.05, 3.63) is 0 Å². The Hall–Kier alpha value is -0.650. The minimum Gasteiger partial charge on any atom is -0.394 e. The molecule has 0 aliphatic rings. The van der Waals surface area contributed by atoms with E-state index in [-0.39, 0.29) is 18.9 Å². The molecule has 5 nitrogen and oxygen atoms in total. The van der Waals surface area contributed by atoms with Crippen molar-refractivity contribution in [2.75, 3.05) is 6.61 Å². The second kappa shape index (κ2) is 52.0. The van der Waals surface area contributed by atoms with E-state index in [9.17, 15) is 20.1 Å². The number of carbonyl (C=O) groups excluding carboxylic acids is 1. The minimum absolute atomic E-state index is 0.0436. The molecule has 0 aromatic carbocycles. The highest BCUT2D eigenvalue weighted by Crippen LogP contribution is 2.19. The van der Waals surface area contributed by atoms with Gasteiger partial charge in [0.1, 0.15) is 0 Å². The van der Waals surface area contributed by atoms with Crippen LogP contribution in [0.4, 0.5) is 0 Å². The third kappa shape index (κ3) is 48.6. The van der Waals surface area contributed by atoms with Crippen LogP contribution in [0.2, 0.25) is 0 Å². The van der Waals surface area contributed by atoms with Crippen molar-refractivity contribution in [1.82, 2.24) is 5.32 Å². The fourth-order valence-electron chi connectivity index (χ4n) is 9.35. The number of amides is 1. The zero-order valence-electron chi connectivity index (χ0n) is 41.8. The van der Waals surface area contributed by atoms with E-state index >= 15 is 0 Å². The lowest BCUT2D eigenvalue weighted by atomic mass is 10.0. The van der Waals surface area contributed by atoms with E-state index in [2.05, 4.69) is 19.2 Å². The van der Waals surface area contributed by atoms with E-state index < -0.39 is 18.2 Å². The summed E-state index contributed by atoms with van der Waals surface area (Å²) in [5, 5.41) is 33.7. The smallest absolute Gasteiger partial charge is 0.222 e. The Kier molecular flexibility index (Phi) is 51.4. The van der Waals surface area contributed by atoms with E-state index in [1.54, 1.807) is 0 Å². The van der Waals surface area contributed by atoms with E-state index in [0.29, 0.717) is 12.8 Å². The van der Waals surface area contributed by atoms with Gasteiger partial charge in [0, 0.05) is 0 Å². The summed E-state index contributed by atoms with van der Waals surface area (Å²) in [7, 11) is 0. The van der Waals surface area contributed by atoms with Crippen LogP contribution >= 0.6 is 0 Å². The predicted molar refractivity (Wildman–Crippen MR) is 269 cm³/mol. The number of aliphatic hydroxyl groups is 3. The van der Waals surface area contributed by atoms with Gasteiger partial charge in [0.2, 0.25) is 5.91 Å². The molecule has 5 heteroatoms. The fourth-order valence-corrected chi connectivity index (χ4v) is 9.35. The summed E-state index contributed by atoms with van der Waals surface area (Å²) in [6.07, 6.45) is 62.6. The van der Waals surface area contributed by atoms with Gasteiger partial charge in [-0.25, -0.2) is 0 Å². The summed E-state index contributed by atoms with van der Waals surface area (Å²) in [5.74, 6) is -0.274. The summed E-state index contributed by atoms with van der Waals surface area (Å²) in [5.41, 5.74) is 0. The van der Waals surface area contributed by atoms with Crippen LogP contribution in [-0.2, 0) is 4.79 Å². The Morgan fingerprint density at radius 1 is 0.344 bits per heavy atom. The van der Waals surface area contributed by atoms with Gasteiger partial charge in [0.05, 0.1) is 31.3 Å². The lowest BCUT2D eigenvalue weighted by Crippen LogP contribution is -2.46. The van der Waals surface area contributed by atoms with E-state index in [1.807, 2.05) is 0 Å². The first-order valence-corrected chi connectivity index (χ1v) is 28.3. The van der Waals surface area contributed by atoms with Crippen molar-refractivity contribution in [2.45, 2.75) is 347 Å². The van der Waals surface area contributed by atoms with Gasteiger partial charge >= 0.3 is 0 Å². The van der Waals surface area contributed by atoms with Crippen LogP contribution in [0.15, 0.2) is 0 Å². The Bertz CT molecular complexity index is 822. The average molecular weight is 865 g/mol. The van der Waals surface area contributed by atoms with Crippen molar-refractivity contribution in [1.29, 1.82) is 0 Å². The molecule has 0 radical (unpaired) electrons. The molecule has 0 aliphatic heterocycles. The molecule has 0 aliphatic carbocycles. The van der Waals surface area contributed by atoms with Crippen molar-refractivity contribution in [3.63, 3.8) is 0 Å². The Morgan fingerprint density at radius 3 is 0.787 bits per heavy atom. The zero-order chi connectivity index (χ0) is 44.4. The van der Waals surface area contributed by atoms with Crippen LogP contribution in [0.1, 0.15) is 328 Å². The number of aliphatic hydroxyl groups excluding tert-OH is 3. The third-order valence-electron chi connectivity index (χ3n) is 13.7. The first-order valence-electron chi connectivity index (χ1n) is 28.3. The van der Waals surface area contributed by atoms with Gasteiger partial charge in [-0.05, 0) is 12.8 Å². The maximum atomic E-state index is 12.5. The van der Waals surface area contributed by atoms with Crippen molar-refractivity contribution in [3.8, 4) is 0 Å². The first-order chi connectivity index (χ1) is 30.0. The van der Waals surface area contributed by atoms with Gasteiger partial charge in [-0.2, -0.15) is 0 Å². The van der Waals surface area contributed by atoms with Crippen LogP contribution in [0.3, 0.4) is 0 Å². The number of hydrogen-bond donors (Lipinski definition) is 4. The molecule has 0 fully saturated rings. The summed E-state index contributed by atoms with van der Waals surface area (Å²) >= 11 is 0. The SMILES string of the molecule is CCCCCCCCCCCCCCCCCCCCCCCCCCC(O)CC(=O)NC(CO)C(O)CCCCCCCCCCCCCCCCCCCCCCCC. The van der Waals surface area contributed by atoms with Gasteiger partial charge in [-0.3, -0.25) is 4.79 Å². The number of carbonyl (C=O) groups is 1. The molecule has 1 amide bonds. The van der Waals surface area contributed by atoms with E-state index in [4.69, 9.17) is 0 Å². The topological polar surface area (TPSA) is 89.8 Å². The number of rotatable bonds is 53. The molecule has 3 unspecified atom stereocenters. The van der Waals surface area contributed by atoms with Gasteiger partial charge in [0.15, 0.2) is 0 Å².